The van der Waals surface area contributed by atoms with Gasteiger partial charge in [-0.05, 0) is 0 Å². The van der Waals surface area contributed by atoms with E-state index in [1.165, 1.54) is 0 Å². The van der Waals surface area contributed by atoms with Gasteiger partial charge in [0.15, 0.2) is 0 Å². The minimum absolute atomic E-state index is 0. The molecule has 0 N–H and O–H groups in total. The van der Waals surface area contributed by atoms with E-state index in [2.05, 4.69) is 0 Å². The molecule has 64 valence electrons. The summed E-state index contributed by atoms with van der Waals surface area (Å²) in [5, 5.41) is 0. The quantitative estimate of drug-likeness (QED) is 0.232. The third-order valence-corrected chi connectivity index (χ3v) is 0. The Kier molecular flexibility index (Phi) is 20.2. The van der Waals surface area contributed by atoms with Gasteiger partial charge in [0.1, 0.15) is 0 Å². The first-order valence-electron chi connectivity index (χ1n) is 1.33. The number of hydrogen-bond donors (Lipinski definition) is 0. The van der Waals surface area contributed by atoms with E-state index in [0.717, 1.165) is 0 Å². The molecule has 0 amide bonds. The van der Waals surface area contributed by atoms with Gasteiger partial charge in [0.2, 0.25) is 0 Å². The predicted molar refractivity (Wildman–Crippen MR) is 20.9 cm³/mol. The van der Waals surface area contributed by atoms with Crippen LogP contribution in [0.25, 0.3) is 0 Å². The van der Waals surface area contributed by atoms with E-state index in [9.17, 15) is 0 Å². The van der Waals surface area contributed by atoms with Crippen molar-refractivity contribution in [2.45, 2.75) is 0 Å². The van der Waals surface area contributed by atoms with Crippen molar-refractivity contribution >= 4 is 20.8 Å². The van der Waals surface area contributed by atoms with Crippen molar-refractivity contribution in [1.29, 1.82) is 0 Å². The molecule has 0 saturated carbocycles. The second-order valence-corrected chi connectivity index (χ2v) is 2.45. The molecule has 0 aromatic rings. The van der Waals surface area contributed by atoms with E-state index in [4.69, 9.17) is 35.0 Å². The van der Waals surface area contributed by atoms with Gasteiger partial charge in [-0.1, -0.05) is 0 Å². The maximum absolute atomic E-state index is 8.52. The van der Waals surface area contributed by atoms with E-state index in [-0.39, 0.29) is 87.0 Å². The van der Waals surface area contributed by atoms with Crippen LogP contribution in [0, 0.1) is 35.6 Å². The molecular formula is KLaO8S2. The van der Waals surface area contributed by atoms with Gasteiger partial charge in [0.25, 0.3) is 0 Å². The summed E-state index contributed by atoms with van der Waals surface area (Å²) in [7, 11) is -10.3. The molecule has 0 radical (unpaired) electrons. The normalized spacial score (nSPS) is 9.67. The fourth-order valence-corrected chi connectivity index (χ4v) is 0. The molecule has 0 aliphatic heterocycles. The monoisotopic (exact) mass is 370 g/mol. The molecule has 0 rings (SSSR count). The van der Waals surface area contributed by atoms with Gasteiger partial charge in [-0.2, -0.15) is 0 Å². The van der Waals surface area contributed by atoms with Gasteiger partial charge in [-0.3, -0.25) is 16.8 Å². The second-order valence-electron chi connectivity index (χ2n) is 0.816. The SMILES string of the molecule is O=S(=O)([O-])[O-].O=S(=O)([O-])[O-].[K+].[La+3]. The molecule has 0 aliphatic carbocycles. The zero-order valence-electron chi connectivity index (χ0n) is 5.66. The summed E-state index contributed by atoms with van der Waals surface area (Å²) in [6, 6.07) is 0. The van der Waals surface area contributed by atoms with Crippen molar-refractivity contribution in [1.82, 2.24) is 0 Å². The Morgan fingerprint density at radius 1 is 0.667 bits per heavy atom. The largest absolute Gasteiger partial charge is 3.00 e. The van der Waals surface area contributed by atoms with Crippen LogP contribution < -0.4 is 51.4 Å². The minimum atomic E-state index is -5.17. The van der Waals surface area contributed by atoms with Crippen LogP contribution in [0.4, 0.5) is 0 Å². The molecule has 0 spiro atoms. The third kappa shape index (κ3) is 255. The summed E-state index contributed by atoms with van der Waals surface area (Å²) in [5.41, 5.74) is 0. The zero-order chi connectivity index (χ0) is 9.00. The van der Waals surface area contributed by atoms with Crippen LogP contribution in [-0.4, -0.2) is 35.0 Å². The minimum Gasteiger partial charge on any atom is -0.759 e. The van der Waals surface area contributed by atoms with Crippen LogP contribution in [-0.2, 0) is 20.8 Å². The van der Waals surface area contributed by atoms with Crippen LogP contribution in [0.1, 0.15) is 0 Å². The summed E-state index contributed by atoms with van der Waals surface area (Å²) in [6.07, 6.45) is 0. The van der Waals surface area contributed by atoms with E-state index >= 15 is 0 Å². The fourth-order valence-electron chi connectivity index (χ4n) is 0. The summed E-state index contributed by atoms with van der Waals surface area (Å²) in [5.74, 6) is 0. The van der Waals surface area contributed by atoms with Crippen LogP contribution in [0.5, 0.6) is 0 Å². The summed E-state index contributed by atoms with van der Waals surface area (Å²) < 4.78 is 68.2. The Labute approximate surface area is 140 Å². The topological polar surface area (TPSA) is 161 Å². The smallest absolute Gasteiger partial charge is 0.759 e. The Morgan fingerprint density at radius 2 is 0.667 bits per heavy atom. The molecule has 0 aromatic carbocycles. The third-order valence-electron chi connectivity index (χ3n) is 0. The molecule has 8 nitrogen and oxygen atoms in total. The van der Waals surface area contributed by atoms with Gasteiger partial charge >= 0.3 is 87.0 Å². The maximum Gasteiger partial charge on any atom is 3.00 e. The molecule has 0 aliphatic rings. The van der Waals surface area contributed by atoms with E-state index in [1.54, 1.807) is 0 Å². The maximum atomic E-state index is 8.52. The standard InChI is InChI=1S/K.La.2H2O4S/c;;2*1-5(2,3)4/h;;2*(H2,1,2,3,4)/q+1;+3;;/p-4. The number of hydrogen-bond acceptors (Lipinski definition) is 8. The Morgan fingerprint density at radius 3 is 0.667 bits per heavy atom. The van der Waals surface area contributed by atoms with E-state index in [0.29, 0.717) is 0 Å². The average molecular weight is 370 g/mol. The Hall–Kier alpha value is 2.57. The molecule has 0 atom stereocenters. The molecule has 0 aromatic heterocycles. The van der Waals surface area contributed by atoms with Crippen LogP contribution in [0.3, 0.4) is 0 Å². The molecular weight excluding hydrogens is 370 g/mol. The second kappa shape index (κ2) is 10.1. The summed E-state index contributed by atoms with van der Waals surface area (Å²) >= 11 is 0. The van der Waals surface area contributed by atoms with Crippen molar-refractivity contribution in [3.05, 3.63) is 0 Å². The van der Waals surface area contributed by atoms with Gasteiger partial charge in [-0.25, -0.2) is 0 Å². The molecule has 0 bridgehead atoms. The molecule has 0 saturated heterocycles. The summed E-state index contributed by atoms with van der Waals surface area (Å²) in [6.45, 7) is 0. The fraction of sp³-hybridized carbons (Fsp3) is 0. The average Bonchev–Trinajstić information content (AvgIpc) is 1.12. The van der Waals surface area contributed by atoms with Gasteiger partial charge in [0.05, 0.1) is 0 Å². The van der Waals surface area contributed by atoms with Crippen molar-refractivity contribution in [3.63, 3.8) is 0 Å². The van der Waals surface area contributed by atoms with Gasteiger partial charge < -0.3 is 18.2 Å². The van der Waals surface area contributed by atoms with Crippen LogP contribution >= 0.6 is 0 Å². The van der Waals surface area contributed by atoms with E-state index in [1.807, 2.05) is 0 Å². The zero-order valence-corrected chi connectivity index (χ0v) is 14.0. The van der Waals surface area contributed by atoms with Crippen LogP contribution in [0.2, 0.25) is 0 Å². The van der Waals surface area contributed by atoms with Gasteiger partial charge in [-0.15, -0.1) is 0 Å². The summed E-state index contributed by atoms with van der Waals surface area (Å²) in [4.78, 5) is 0. The predicted octanol–water partition coefficient (Wildman–Crippen LogP) is -5.67. The van der Waals surface area contributed by atoms with Crippen LogP contribution in [0.15, 0.2) is 0 Å². The van der Waals surface area contributed by atoms with Crippen molar-refractivity contribution < 1.29 is 122 Å². The van der Waals surface area contributed by atoms with Crippen molar-refractivity contribution in [2.75, 3.05) is 0 Å². The molecule has 12 heteroatoms. The van der Waals surface area contributed by atoms with Crippen molar-refractivity contribution in [3.8, 4) is 0 Å². The van der Waals surface area contributed by atoms with Crippen molar-refractivity contribution in [2.24, 2.45) is 0 Å². The van der Waals surface area contributed by atoms with Gasteiger partial charge in [0, 0.05) is 20.8 Å². The Bertz CT molecular complexity index is 213. The van der Waals surface area contributed by atoms with E-state index < -0.39 is 20.8 Å². The first kappa shape index (κ1) is 24.0. The molecule has 12 heavy (non-hydrogen) atoms. The number of rotatable bonds is 0. The first-order chi connectivity index (χ1) is 4.00. The first-order valence-corrected chi connectivity index (χ1v) is 4.00. The molecule has 0 heterocycles. The molecule has 0 fully saturated rings. The molecule has 0 unspecified atom stereocenters. The Balaban J connectivity index is -0.0000000457.